The van der Waals surface area contributed by atoms with Gasteiger partial charge in [0.25, 0.3) is 5.91 Å². The Balaban J connectivity index is 1.33. The van der Waals surface area contributed by atoms with Crippen molar-refractivity contribution in [2.24, 2.45) is 0 Å². The fourth-order valence-electron chi connectivity index (χ4n) is 3.03. The number of nitrogens with one attached hydrogen (secondary N) is 1. The van der Waals surface area contributed by atoms with Crippen LogP contribution in [0.15, 0.2) is 78.9 Å². The first-order chi connectivity index (χ1) is 14.7. The van der Waals surface area contributed by atoms with Crippen molar-refractivity contribution >= 4 is 22.4 Å². The third-order valence-electron chi connectivity index (χ3n) is 4.49. The molecule has 6 heteroatoms. The summed E-state index contributed by atoms with van der Waals surface area (Å²) >= 11 is 0. The highest BCUT2D eigenvalue weighted by Gasteiger charge is 2.06. The molecule has 1 aromatic heterocycles. The molecule has 0 saturated carbocycles. The first-order valence-corrected chi connectivity index (χ1v) is 9.70. The zero-order chi connectivity index (χ0) is 20.8. The molecular formula is C24H21N3O3. The number of fused-ring (bicyclic) bond motifs is 1. The van der Waals surface area contributed by atoms with E-state index in [0.29, 0.717) is 23.9 Å². The van der Waals surface area contributed by atoms with Gasteiger partial charge >= 0.3 is 0 Å². The van der Waals surface area contributed by atoms with Crippen LogP contribution in [-0.2, 0) is 4.79 Å². The van der Waals surface area contributed by atoms with Crippen LogP contribution in [0.1, 0.15) is 6.92 Å². The molecular weight excluding hydrogens is 378 g/mol. The SMILES string of the molecule is CCOc1ccc(-c2ccc(NC(=O)COc3ccc4ccccc4c3)cc2)nn1. The van der Waals surface area contributed by atoms with Gasteiger partial charge in [-0.25, -0.2) is 0 Å². The van der Waals surface area contributed by atoms with Crippen LogP contribution >= 0.6 is 0 Å². The fourth-order valence-corrected chi connectivity index (χ4v) is 3.03. The van der Waals surface area contributed by atoms with Crippen LogP contribution < -0.4 is 14.8 Å². The molecule has 0 unspecified atom stereocenters. The van der Waals surface area contributed by atoms with Crippen LogP contribution in [0.2, 0.25) is 0 Å². The number of hydrogen-bond donors (Lipinski definition) is 1. The Morgan fingerprint density at radius 2 is 1.67 bits per heavy atom. The summed E-state index contributed by atoms with van der Waals surface area (Å²) in [6.07, 6.45) is 0. The van der Waals surface area contributed by atoms with Crippen molar-refractivity contribution < 1.29 is 14.3 Å². The lowest BCUT2D eigenvalue weighted by molar-refractivity contribution is -0.118. The Morgan fingerprint density at radius 3 is 2.40 bits per heavy atom. The van der Waals surface area contributed by atoms with Crippen molar-refractivity contribution in [2.45, 2.75) is 6.92 Å². The third kappa shape index (κ3) is 4.72. The van der Waals surface area contributed by atoms with Gasteiger partial charge in [0, 0.05) is 17.3 Å². The van der Waals surface area contributed by atoms with Crippen LogP contribution in [0.5, 0.6) is 11.6 Å². The summed E-state index contributed by atoms with van der Waals surface area (Å²) in [6, 6.07) is 24.8. The number of aromatic nitrogens is 2. The number of hydrogen-bond acceptors (Lipinski definition) is 5. The highest BCUT2D eigenvalue weighted by Crippen LogP contribution is 2.22. The summed E-state index contributed by atoms with van der Waals surface area (Å²) in [5, 5.41) is 13.2. The van der Waals surface area contributed by atoms with Gasteiger partial charge < -0.3 is 14.8 Å². The van der Waals surface area contributed by atoms with Crippen molar-refractivity contribution in [3.05, 3.63) is 78.9 Å². The lowest BCUT2D eigenvalue weighted by Crippen LogP contribution is -2.20. The van der Waals surface area contributed by atoms with E-state index >= 15 is 0 Å². The predicted molar refractivity (Wildman–Crippen MR) is 117 cm³/mol. The fraction of sp³-hybridized carbons (Fsp3) is 0.125. The number of carbonyl (C=O) groups is 1. The highest BCUT2D eigenvalue weighted by molar-refractivity contribution is 5.92. The van der Waals surface area contributed by atoms with E-state index in [9.17, 15) is 4.79 Å². The number of anilines is 1. The molecule has 0 bridgehead atoms. The molecule has 1 amide bonds. The van der Waals surface area contributed by atoms with Gasteiger partial charge in [-0.1, -0.05) is 42.5 Å². The van der Waals surface area contributed by atoms with Crippen LogP contribution in [0.4, 0.5) is 5.69 Å². The molecule has 1 heterocycles. The molecule has 4 aromatic rings. The van der Waals surface area contributed by atoms with E-state index in [1.807, 2.05) is 79.7 Å². The quantitative estimate of drug-likeness (QED) is 0.487. The molecule has 0 aliphatic carbocycles. The number of benzene rings is 3. The molecule has 0 radical (unpaired) electrons. The van der Waals surface area contributed by atoms with Crippen molar-refractivity contribution in [1.82, 2.24) is 10.2 Å². The van der Waals surface area contributed by atoms with E-state index in [-0.39, 0.29) is 12.5 Å². The van der Waals surface area contributed by atoms with E-state index < -0.39 is 0 Å². The maximum Gasteiger partial charge on any atom is 0.262 e. The van der Waals surface area contributed by atoms with E-state index in [0.717, 1.165) is 22.0 Å². The molecule has 0 fully saturated rings. The van der Waals surface area contributed by atoms with Gasteiger partial charge in [0.05, 0.1) is 12.3 Å². The van der Waals surface area contributed by atoms with Crippen LogP contribution in [0, 0.1) is 0 Å². The van der Waals surface area contributed by atoms with Crippen LogP contribution in [0.25, 0.3) is 22.0 Å². The molecule has 30 heavy (non-hydrogen) atoms. The molecule has 3 aromatic carbocycles. The Morgan fingerprint density at radius 1 is 0.867 bits per heavy atom. The normalized spacial score (nSPS) is 10.6. The summed E-state index contributed by atoms with van der Waals surface area (Å²) < 4.78 is 10.9. The summed E-state index contributed by atoms with van der Waals surface area (Å²) in [5.74, 6) is 0.932. The number of rotatable bonds is 7. The van der Waals surface area contributed by atoms with E-state index in [2.05, 4.69) is 15.5 Å². The maximum absolute atomic E-state index is 12.2. The minimum Gasteiger partial charge on any atom is -0.484 e. The molecule has 6 nitrogen and oxygen atoms in total. The topological polar surface area (TPSA) is 73.3 Å². The second-order valence-electron chi connectivity index (χ2n) is 6.61. The molecule has 150 valence electrons. The number of nitrogens with zero attached hydrogens (tertiary/aromatic N) is 2. The molecule has 1 N–H and O–H groups in total. The van der Waals surface area contributed by atoms with Gasteiger partial charge in [0.2, 0.25) is 5.88 Å². The predicted octanol–water partition coefficient (Wildman–Crippen LogP) is 4.71. The van der Waals surface area contributed by atoms with Crippen LogP contribution in [0.3, 0.4) is 0 Å². The van der Waals surface area contributed by atoms with Gasteiger partial charge in [0.1, 0.15) is 5.75 Å². The van der Waals surface area contributed by atoms with Crippen molar-refractivity contribution in [3.63, 3.8) is 0 Å². The standard InChI is InChI=1S/C24H21N3O3/c1-2-29-24-14-13-22(26-27-24)18-7-10-20(11-8-18)25-23(28)16-30-21-12-9-17-5-3-4-6-19(17)15-21/h3-15H,2,16H2,1H3,(H,25,28). The average molecular weight is 399 g/mol. The van der Waals surface area contributed by atoms with Gasteiger partial charge in [-0.3, -0.25) is 4.79 Å². The first-order valence-electron chi connectivity index (χ1n) is 9.70. The third-order valence-corrected chi connectivity index (χ3v) is 4.49. The smallest absolute Gasteiger partial charge is 0.262 e. The van der Waals surface area contributed by atoms with Gasteiger partial charge in [0.15, 0.2) is 6.61 Å². The summed E-state index contributed by atoms with van der Waals surface area (Å²) in [4.78, 5) is 12.2. The zero-order valence-electron chi connectivity index (χ0n) is 16.5. The molecule has 0 aliphatic heterocycles. The minimum atomic E-state index is -0.225. The van der Waals surface area contributed by atoms with Gasteiger partial charge in [-0.05, 0) is 48.0 Å². The van der Waals surface area contributed by atoms with Crippen LogP contribution in [-0.4, -0.2) is 29.3 Å². The number of ether oxygens (including phenoxy) is 2. The summed E-state index contributed by atoms with van der Waals surface area (Å²) in [6.45, 7) is 2.38. The molecule has 0 saturated heterocycles. The largest absolute Gasteiger partial charge is 0.484 e. The molecule has 0 aliphatic rings. The average Bonchev–Trinajstić information content (AvgIpc) is 2.79. The lowest BCUT2D eigenvalue weighted by Gasteiger charge is -2.09. The zero-order valence-corrected chi connectivity index (χ0v) is 16.5. The second kappa shape index (κ2) is 9.05. The lowest BCUT2D eigenvalue weighted by atomic mass is 10.1. The van der Waals surface area contributed by atoms with E-state index in [1.165, 1.54) is 0 Å². The Kier molecular flexibility index (Phi) is 5.85. The monoisotopic (exact) mass is 399 g/mol. The van der Waals surface area contributed by atoms with E-state index in [1.54, 1.807) is 6.07 Å². The maximum atomic E-state index is 12.2. The highest BCUT2D eigenvalue weighted by atomic mass is 16.5. The Labute approximate surface area is 174 Å². The van der Waals surface area contributed by atoms with Gasteiger partial charge in [-0.2, -0.15) is 0 Å². The second-order valence-corrected chi connectivity index (χ2v) is 6.61. The summed E-state index contributed by atoms with van der Waals surface area (Å²) in [5.41, 5.74) is 2.32. The Hall–Kier alpha value is -3.93. The molecule has 0 spiro atoms. The van der Waals surface area contributed by atoms with Crippen molar-refractivity contribution in [1.29, 1.82) is 0 Å². The van der Waals surface area contributed by atoms with Gasteiger partial charge in [-0.15, -0.1) is 10.2 Å². The molecule has 4 rings (SSSR count). The van der Waals surface area contributed by atoms with E-state index in [4.69, 9.17) is 9.47 Å². The van der Waals surface area contributed by atoms with Crippen molar-refractivity contribution in [2.75, 3.05) is 18.5 Å². The number of carbonyl (C=O) groups excluding carboxylic acids is 1. The first kappa shape index (κ1) is 19.4. The molecule has 0 atom stereocenters. The minimum absolute atomic E-state index is 0.0650. The summed E-state index contributed by atoms with van der Waals surface area (Å²) in [7, 11) is 0. The number of amides is 1. The van der Waals surface area contributed by atoms with Crippen molar-refractivity contribution in [3.8, 4) is 22.9 Å². The Bertz CT molecular complexity index is 1140.